The van der Waals surface area contributed by atoms with Crippen LogP contribution in [0.4, 0.5) is 0 Å². The molecule has 176 valence electrons. The van der Waals surface area contributed by atoms with E-state index in [1.807, 2.05) is 6.92 Å². The van der Waals surface area contributed by atoms with E-state index in [2.05, 4.69) is 0 Å². The molecule has 3 saturated carbocycles. The summed E-state index contributed by atoms with van der Waals surface area (Å²) in [5.74, 6) is -3.32. The molecule has 0 saturated heterocycles. The molecule has 3 aliphatic carbocycles. The first-order chi connectivity index (χ1) is 14.8. The Morgan fingerprint density at radius 3 is 2.34 bits per heavy atom. The minimum absolute atomic E-state index is 0.149. The average Bonchev–Trinajstić information content (AvgIpc) is 3.14. The van der Waals surface area contributed by atoms with Gasteiger partial charge < -0.3 is 24.1 Å². The number of carbonyl (C=O) groups excluding carboxylic acids is 4. The lowest BCUT2D eigenvalue weighted by Crippen LogP contribution is -2.71. The molecule has 4 rings (SSSR count). The Bertz CT molecular complexity index is 932. The molecule has 7 unspecified atom stereocenters. The summed E-state index contributed by atoms with van der Waals surface area (Å²) in [4.78, 5) is 48.6. The topological polar surface area (TPSA) is 125 Å². The maximum absolute atomic E-state index is 13.0. The highest BCUT2D eigenvalue weighted by Crippen LogP contribution is 2.79. The third kappa shape index (κ3) is 2.86. The first-order valence-electron chi connectivity index (χ1n) is 11.0. The number of fused-ring (bicyclic) bond motifs is 2. The molecule has 9 nitrogen and oxygen atoms in total. The highest BCUT2D eigenvalue weighted by molar-refractivity contribution is 5.95. The molecule has 0 bridgehead atoms. The molecular weight excluding hydrogens is 420 g/mol. The Hall–Kier alpha value is -2.42. The molecule has 1 N–H and O–H groups in total. The molecule has 0 aromatic heterocycles. The Balaban J connectivity index is 1.82. The molecule has 4 aliphatic rings. The number of esters is 4. The summed E-state index contributed by atoms with van der Waals surface area (Å²) in [7, 11) is 0. The van der Waals surface area contributed by atoms with Crippen LogP contribution in [0.25, 0.3) is 0 Å². The van der Waals surface area contributed by atoms with Gasteiger partial charge in [-0.3, -0.25) is 14.4 Å². The summed E-state index contributed by atoms with van der Waals surface area (Å²) in [5.41, 5.74) is -2.63. The zero-order chi connectivity index (χ0) is 23.8. The lowest BCUT2D eigenvalue weighted by molar-refractivity contribution is -0.262. The minimum Gasteiger partial charge on any atom is -0.462 e. The Morgan fingerprint density at radius 2 is 1.78 bits per heavy atom. The van der Waals surface area contributed by atoms with Crippen molar-refractivity contribution >= 4 is 23.9 Å². The number of ether oxygens (including phenoxy) is 4. The fraction of sp³-hybridized carbons (Fsp3) is 0.739. The molecule has 1 aliphatic heterocycles. The molecule has 32 heavy (non-hydrogen) atoms. The smallest absolute Gasteiger partial charge is 0.338 e. The summed E-state index contributed by atoms with van der Waals surface area (Å²) in [6.45, 7) is 9.24. The number of hydrogen-bond donors (Lipinski definition) is 1. The van der Waals surface area contributed by atoms with Crippen LogP contribution in [-0.2, 0) is 38.1 Å². The number of rotatable bonds is 5. The predicted octanol–water partition coefficient (Wildman–Crippen LogP) is 1.45. The second-order valence-corrected chi connectivity index (χ2v) is 10.2. The van der Waals surface area contributed by atoms with Gasteiger partial charge in [-0.2, -0.15) is 0 Å². The number of carbonyl (C=O) groups is 4. The first-order valence-corrected chi connectivity index (χ1v) is 11.0. The van der Waals surface area contributed by atoms with Gasteiger partial charge in [-0.15, -0.1) is 0 Å². The van der Waals surface area contributed by atoms with E-state index in [4.69, 9.17) is 18.9 Å². The van der Waals surface area contributed by atoms with Crippen LogP contribution >= 0.6 is 0 Å². The van der Waals surface area contributed by atoms with Crippen LogP contribution in [0.5, 0.6) is 0 Å². The van der Waals surface area contributed by atoms with E-state index in [1.165, 1.54) is 13.8 Å². The Kier molecular flexibility index (Phi) is 5.01. The summed E-state index contributed by atoms with van der Waals surface area (Å²) in [6, 6.07) is 0. The van der Waals surface area contributed by atoms with E-state index in [0.717, 1.165) is 0 Å². The molecule has 0 amide bonds. The molecule has 0 aromatic rings. The van der Waals surface area contributed by atoms with Gasteiger partial charge in [0, 0.05) is 43.1 Å². The fourth-order valence-electron chi connectivity index (χ4n) is 6.71. The largest absolute Gasteiger partial charge is 0.462 e. The summed E-state index contributed by atoms with van der Waals surface area (Å²) in [5, 5.41) is 11.3. The molecule has 7 atom stereocenters. The van der Waals surface area contributed by atoms with Gasteiger partial charge in [0.2, 0.25) is 0 Å². The van der Waals surface area contributed by atoms with Gasteiger partial charge in [-0.25, -0.2) is 4.79 Å². The maximum atomic E-state index is 13.0. The molecular formula is C23H30O9. The van der Waals surface area contributed by atoms with Gasteiger partial charge in [-0.05, 0) is 13.3 Å². The third-order valence-corrected chi connectivity index (χ3v) is 7.69. The Morgan fingerprint density at radius 1 is 1.12 bits per heavy atom. The van der Waals surface area contributed by atoms with Crippen LogP contribution in [0.2, 0.25) is 0 Å². The van der Waals surface area contributed by atoms with Crippen molar-refractivity contribution in [2.75, 3.05) is 6.61 Å². The van der Waals surface area contributed by atoms with Crippen molar-refractivity contribution in [3.8, 4) is 0 Å². The van der Waals surface area contributed by atoms with Gasteiger partial charge in [-0.1, -0.05) is 20.8 Å². The molecule has 1 heterocycles. The Labute approximate surface area is 186 Å². The van der Waals surface area contributed by atoms with Crippen LogP contribution in [0.15, 0.2) is 11.1 Å². The number of hydrogen-bond acceptors (Lipinski definition) is 9. The highest BCUT2D eigenvalue weighted by atomic mass is 16.6. The maximum Gasteiger partial charge on any atom is 0.338 e. The van der Waals surface area contributed by atoms with Crippen molar-refractivity contribution in [1.82, 2.24) is 0 Å². The van der Waals surface area contributed by atoms with E-state index in [1.54, 1.807) is 20.8 Å². The fourth-order valence-corrected chi connectivity index (χ4v) is 6.71. The highest BCUT2D eigenvalue weighted by Gasteiger charge is 2.87. The third-order valence-electron chi connectivity index (χ3n) is 7.69. The summed E-state index contributed by atoms with van der Waals surface area (Å²) in [6.07, 6.45) is -0.779. The van der Waals surface area contributed by atoms with Crippen molar-refractivity contribution in [2.24, 2.45) is 23.2 Å². The lowest BCUT2D eigenvalue weighted by atomic mass is 9.44. The average molecular weight is 450 g/mol. The van der Waals surface area contributed by atoms with E-state index >= 15 is 0 Å². The second-order valence-electron chi connectivity index (χ2n) is 10.2. The molecule has 9 heteroatoms. The van der Waals surface area contributed by atoms with Crippen LogP contribution in [0, 0.1) is 23.2 Å². The molecule has 3 fully saturated rings. The minimum atomic E-state index is -1.29. The lowest BCUT2D eigenvalue weighted by Gasteiger charge is -2.63. The van der Waals surface area contributed by atoms with Gasteiger partial charge >= 0.3 is 23.9 Å². The zero-order valence-electron chi connectivity index (χ0n) is 19.2. The first kappa shape index (κ1) is 22.8. The van der Waals surface area contributed by atoms with Crippen LogP contribution < -0.4 is 0 Å². The quantitative estimate of drug-likeness (QED) is 0.489. The van der Waals surface area contributed by atoms with Crippen LogP contribution in [0.1, 0.15) is 54.4 Å². The zero-order valence-corrected chi connectivity index (χ0v) is 19.2. The van der Waals surface area contributed by atoms with E-state index in [9.17, 15) is 24.3 Å². The van der Waals surface area contributed by atoms with Crippen molar-refractivity contribution in [1.29, 1.82) is 0 Å². The van der Waals surface area contributed by atoms with Gasteiger partial charge in [0.1, 0.15) is 24.4 Å². The second kappa shape index (κ2) is 7.04. The van der Waals surface area contributed by atoms with Crippen molar-refractivity contribution in [2.45, 2.75) is 77.8 Å². The predicted molar refractivity (Wildman–Crippen MR) is 108 cm³/mol. The SMILES string of the molecule is CC(=O)OCC1=C2C(OC(=O)C(C)C)CC3(C)C4C(OC(C)=O)CC(C)(O)C4C23OC1=O. The molecule has 0 radical (unpaired) electrons. The monoisotopic (exact) mass is 450 g/mol. The van der Waals surface area contributed by atoms with Crippen LogP contribution in [0.3, 0.4) is 0 Å². The van der Waals surface area contributed by atoms with Crippen molar-refractivity contribution in [3.05, 3.63) is 11.1 Å². The van der Waals surface area contributed by atoms with Crippen molar-refractivity contribution in [3.63, 3.8) is 0 Å². The summed E-state index contributed by atoms with van der Waals surface area (Å²) < 4.78 is 22.5. The van der Waals surface area contributed by atoms with Gasteiger partial charge in [0.05, 0.1) is 17.1 Å². The normalized spacial score (nSPS) is 41.4. The molecule has 1 spiro atoms. The van der Waals surface area contributed by atoms with E-state index in [-0.39, 0.29) is 30.4 Å². The number of aliphatic hydroxyl groups is 1. The van der Waals surface area contributed by atoms with Crippen LogP contribution in [-0.4, -0.2) is 59.0 Å². The van der Waals surface area contributed by atoms with Gasteiger partial charge in [0.15, 0.2) is 0 Å². The van der Waals surface area contributed by atoms with Gasteiger partial charge in [0.25, 0.3) is 0 Å². The van der Waals surface area contributed by atoms with E-state index in [0.29, 0.717) is 12.0 Å². The van der Waals surface area contributed by atoms with E-state index < -0.39 is 58.6 Å². The standard InChI is InChI=1S/C23H30O9/c1-10(2)19(26)31-14-7-21(5)17-15(30-12(4)25)8-22(6,28)18(17)23(21)16(14)13(20(27)32-23)9-29-11(3)24/h10,14-15,17-18,28H,7-9H2,1-6H3. The molecule has 0 aromatic carbocycles. The summed E-state index contributed by atoms with van der Waals surface area (Å²) >= 11 is 0. The van der Waals surface area contributed by atoms with Crippen molar-refractivity contribution < 1.29 is 43.2 Å².